The Morgan fingerprint density at radius 3 is 3.12 bits per heavy atom. The standard InChI is InChI=1S/C10H10N2O4S/c13-9(14)3-5-17-6-8-11-10(12-16-8)7-2-1-4-15-7/h1-2,4H,3,5-6H2,(H,13,14). The Bertz CT molecular complexity index is 480. The van der Waals surface area contributed by atoms with Gasteiger partial charge in [0.15, 0.2) is 5.76 Å². The molecule has 2 rings (SSSR count). The van der Waals surface area contributed by atoms with Crippen molar-refractivity contribution in [1.82, 2.24) is 10.1 Å². The van der Waals surface area contributed by atoms with E-state index in [1.165, 1.54) is 18.0 Å². The van der Waals surface area contributed by atoms with Crippen LogP contribution in [0.4, 0.5) is 0 Å². The Labute approximate surface area is 101 Å². The summed E-state index contributed by atoms with van der Waals surface area (Å²) in [7, 11) is 0. The molecule has 7 heteroatoms. The quantitative estimate of drug-likeness (QED) is 0.789. The SMILES string of the molecule is O=C(O)CCSCc1nc(-c2ccco2)no1. The van der Waals surface area contributed by atoms with Gasteiger partial charge in [-0.15, -0.1) is 0 Å². The van der Waals surface area contributed by atoms with Crippen LogP contribution in [0.15, 0.2) is 27.3 Å². The maximum atomic E-state index is 10.3. The topological polar surface area (TPSA) is 89.4 Å². The minimum atomic E-state index is -0.806. The van der Waals surface area contributed by atoms with E-state index in [0.29, 0.717) is 29.0 Å². The van der Waals surface area contributed by atoms with Crippen molar-refractivity contribution < 1.29 is 18.8 Å². The molecule has 6 nitrogen and oxygen atoms in total. The maximum Gasteiger partial charge on any atom is 0.304 e. The molecule has 0 radical (unpaired) electrons. The average Bonchev–Trinajstić information content (AvgIpc) is 2.94. The van der Waals surface area contributed by atoms with Gasteiger partial charge < -0.3 is 14.0 Å². The van der Waals surface area contributed by atoms with E-state index in [1.807, 2.05) is 0 Å². The van der Waals surface area contributed by atoms with Gasteiger partial charge in [-0.05, 0) is 12.1 Å². The zero-order valence-electron chi connectivity index (χ0n) is 8.83. The highest BCUT2D eigenvalue weighted by atomic mass is 32.2. The van der Waals surface area contributed by atoms with Gasteiger partial charge >= 0.3 is 5.97 Å². The first-order valence-corrected chi connectivity index (χ1v) is 6.07. The molecule has 0 saturated heterocycles. The number of thioether (sulfide) groups is 1. The van der Waals surface area contributed by atoms with Crippen LogP contribution in [-0.2, 0) is 10.5 Å². The van der Waals surface area contributed by atoms with E-state index < -0.39 is 5.97 Å². The molecule has 0 fully saturated rings. The van der Waals surface area contributed by atoms with Crippen LogP contribution in [0.3, 0.4) is 0 Å². The first-order chi connectivity index (χ1) is 8.25. The lowest BCUT2D eigenvalue weighted by molar-refractivity contribution is -0.136. The van der Waals surface area contributed by atoms with Crippen molar-refractivity contribution in [2.75, 3.05) is 5.75 Å². The monoisotopic (exact) mass is 254 g/mol. The fraction of sp³-hybridized carbons (Fsp3) is 0.300. The Balaban J connectivity index is 1.84. The second-order valence-corrected chi connectivity index (χ2v) is 4.29. The number of furan rings is 1. The number of hydrogen-bond donors (Lipinski definition) is 1. The van der Waals surface area contributed by atoms with Crippen molar-refractivity contribution in [1.29, 1.82) is 0 Å². The average molecular weight is 254 g/mol. The van der Waals surface area contributed by atoms with Gasteiger partial charge in [0.1, 0.15) is 0 Å². The molecule has 2 aromatic heterocycles. The van der Waals surface area contributed by atoms with Crippen LogP contribution in [0.5, 0.6) is 0 Å². The third-order valence-electron chi connectivity index (χ3n) is 1.90. The predicted molar refractivity (Wildman–Crippen MR) is 60.4 cm³/mol. The van der Waals surface area contributed by atoms with Gasteiger partial charge in [0.05, 0.1) is 18.4 Å². The van der Waals surface area contributed by atoms with Crippen LogP contribution >= 0.6 is 11.8 Å². The van der Waals surface area contributed by atoms with Crippen molar-refractivity contribution in [3.63, 3.8) is 0 Å². The summed E-state index contributed by atoms with van der Waals surface area (Å²) >= 11 is 1.44. The zero-order chi connectivity index (χ0) is 12.1. The minimum absolute atomic E-state index is 0.129. The van der Waals surface area contributed by atoms with Crippen LogP contribution in [0.1, 0.15) is 12.3 Å². The molecule has 17 heavy (non-hydrogen) atoms. The number of aliphatic carboxylic acids is 1. The van der Waals surface area contributed by atoms with E-state index in [2.05, 4.69) is 10.1 Å². The van der Waals surface area contributed by atoms with Crippen molar-refractivity contribution in [3.05, 3.63) is 24.3 Å². The summed E-state index contributed by atoms with van der Waals surface area (Å²) in [5.41, 5.74) is 0. The highest BCUT2D eigenvalue weighted by Gasteiger charge is 2.10. The molecule has 2 aromatic rings. The van der Waals surface area contributed by atoms with E-state index in [-0.39, 0.29) is 6.42 Å². The van der Waals surface area contributed by atoms with Gasteiger partial charge in [0.2, 0.25) is 11.7 Å². The van der Waals surface area contributed by atoms with Gasteiger partial charge in [-0.2, -0.15) is 16.7 Å². The summed E-state index contributed by atoms with van der Waals surface area (Å²) in [6, 6.07) is 3.49. The number of carboxylic acids is 1. The molecule has 90 valence electrons. The highest BCUT2D eigenvalue weighted by molar-refractivity contribution is 7.98. The Hall–Kier alpha value is -1.76. The molecule has 0 unspecified atom stereocenters. The van der Waals surface area contributed by atoms with E-state index in [0.717, 1.165) is 0 Å². The molecular formula is C10H10N2O4S. The van der Waals surface area contributed by atoms with Gasteiger partial charge in [-0.1, -0.05) is 5.16 Å². The molecule has 0 atom stereocenters. The fourth-order valence-corrected chi connectivity index (χ4v) is 1.89. The lowest BCUT2D eigenvalue weighted by atomic mass is 10.4. The van der Waals surface area contributed by atoms with Gasteiger partial charge in [0, 0.05) is 5.75 Å². The summed E-state index contributed by atoms with van der Waals surface area (Å²) < 4.78 is 10.1. The second kappa shape index (κ2) is 5.53. The number of aromatic nitrogens is 2. The largest absolute Gasteiger partial charge is 0.481 e. The van der Waals surface area contributed by atoms with Crippen LogP contribution in [0.25, 0.3) is 11.6 Å². The predicted octanol–water partition coefficient (Wildman–Crippen LogP) is 2.04. The third kappa shape index (κ3) is 3.35. The molecule has 0 aliphatic rings. The van der Waals surface area contributed by atoms with Crippen molar-refractivity contribution in [2.45, 2.75) is 12.2 Å². The highest BCUT2D eigenvalue weighted by Crippen LogP contribution is 2.18. The third-order valence-corrected chi connectivity index (χ3v) is 2.84. The van der Waals surface area contributed by atoms with Crippen LogP contribution in [0, 0.1) is 0 Å². The smallest absolute Gasteiger partial charge is 0.304 e. The molecule has 2 heterocycles. The van der Waals surface area contributed by atoms with Crippen LogP contribution in [-0.4, -0.2) is 27.0 Å². The molecule has 0 bridgehead atoms. The molecule has 0 aliphatic carbocycles. The van der Waals surface area contributed by atoms with E-state index in [4.69, 9.17) is 14.0 Å². The zero-order valence-corrected chi connectivity index (χ0v) is 9.64. The number of carboxylic acid groups (broad SMARTS) is 1. The summed E-state index contributed by atoms with van der Waals surface area (Å²) in [5.74, 6) is 1.64. The van der Waals surface area contributed by atoms with E-state index >= 15 is 0 Å². The molecule has 0 saturated carbocycles. The Morgan fingerprint density at radius 1 is 1.53 bits per heavy atom. The van der Waals surface area contributed by atoms with Crippen LogP contribution < -0.4 is 0 Å². The van der Waals surface area contributed by atoms with Crippen molar-refractivity contribution in [3.8, 4) is 11.6 Å². The van der Waals surface area contributed by atoms with E-state index in [9.17, 15) is 4.79 Å². The Morgan fingerprint density at radius 2 is 2.41 bits per heavy atom. The first-order valence-electron chi connectivity index (χ1n) is 4.91. The minimum Gasteiger partial charge on any atom is -0.481 e. The fourth-order valence-electron chi connectivity index (χ4n) is 1.14. The molecule has 0 spiro atoms. The van der Waals surface area contributed by atoms with Crippen molar-refractivity contribution in [2.24, 2.45) is 0 Å². The van der Waals surface area contributed by atoms with Crippen molar-refractivity contribution >= 4 is 17.7 Å². The van der Waals surface area contributed by atoms with Gasteiger partial charge in [0.25, 0.3) is 0 Å². The van der Waals surface area contributed by atoms with Crippen LogP contribution in [0.2, 0.25) is 0 Å². The summed E-state index contributed by atoms with van der Waals surface area (Å²) in [6.07, 6.45) is 1.66. The second-order valence-electron chi connectivity index (χ2n) is 3.19. The molecule has 0 amide bonds. The van der Waals surface area contributed by atoms with E-state index in [1.54, 1.807) is 12.1 Å². The number of rotatable bonds is 6. The lowest BCUT2D eigenvalue weighted by Gasteiger charge is -1.93. The normalized spacial score (nSPS) is 10.6. The van der Waals surface area contributed by atoms with Gasteiger partial charge in [-0.3, -0.25) is 4.79 Å². The first kappa shape index (κ1) is 11.7. The lowest BCUT2D eigenvalue weighted by Crippen LogP contribution is -1.96. The molecule has 0 aliphatic heterocycles. The summed E-state index contributed by atoms with van der Waals surface area (Å²) in [4.78, 5) is 14.4. The summed E-state index contributed by atoms with van der Waals surface area (Å²) in [6.45, 7) is 0. The van der Waals surface area contributed by atoms with Gasteiger partial charge in [-0.25, -0.2) is 0 Å². The maximum absolute atomic E-state index is 10.3. The number of nitrogens with zero attached hydrogens (tertiary/aromatic N) is 2. The molecule has 1 N–H and O–H groups in total. The number of carbonyl (C=O) groups is 1. The molecule has 0 aromatic carbocycles. The Kier molecular flexibility index (Phi) is 3.81. The summed E-state index contributed by atoms with van der Waals surface area (Å²) in [5, 5.41) is 12.2. The number of hydrogen-bond acceptors (Lipinski definition) is 6. The molecular weight excluding hydrogens is 244 g/mol.